The van der Waals surface area contributed by atoms with Crippen molar-refractivity contribution in [2.24, 2.45) is 11.3 Å². The molecule has 5 atom stereocenters. The Kier molecular flexibility index (Phi) is 22.5. The van der Waals surface area contributed by atoms with E-state index in [1.807, 2.05) is 92.3 Å². The van der Waals surface area contributed by atoms with Crippen LogP contribution in [0.1, 0.15) is 123 Å². The molecule has 0 bridgehead atoms. The molecule has 110 heavy (non-hydrogen) atoms. The summed E-state index contributed by atoms with van der Waals surface area (Å²) in [5.41, 5.74) is 9.75. The Labute approximate surface area is 636 Å². The maximum absolute atomic E-state index is 14.5. The topological polar surface area (TPSA) is 339 Å². The highest BCUT2D eigenvalue weighted by Crippen LogP contribution is 2.57. The number of benzene rings is 6. The molecule has 1 saturated heterocycles. The minimum absolute atomic E-state index is 0.0189. The van der Waals surface area contributed by atoms with Crippen LogP contribution in [0.2, 0.25) is 0 Å². The third kappa shape index (κ3) is 16.2. The first kappa shape index (κ1) is 76.2. The number of hydrogen-bond acceptors (Lipinski definition) is 19. The predicted octanol–water partition coefficient (Wildman–Crippen LogP) is 8.42. The van der Waals surface area contributed by atoms with Gasteiger partial charge in [-0.05, 0) is 123 Å². The van der Waals surface area contributed by atoms with Gasteiger partial charge in [-0.25, -0.2) is 14.4 Å². The van der Waals surface area contributed by atoms with E-state index in [0.717, 1.165) is 56.9 Å². The number of para-hydroxylation sites is 1. The van der Waals surface area contributed by atoms with Gasteiger partial charge >= 0.3 is 6.09 Å². The lowest BCUT2D eigenvalue weighted by molar-refractivity contribution is -0.132. The molecule has 6 aromatic carbocycles. The van der Waals surface area contributed by atoms with Crippen molar-refractivity contribution >= 4 is 87.4 Å². The second-order valence-corrected chi connectivity index (χ2v) is 29.4. The van der Waals surface area contributed by atoms with Crippen molar-refractivity contribution in [1.29, 1.82) is 0 Å². The van der Waals surface area contributed by atoms with Gasteiger partial charge in [-0.2, -0.15) is 0 Å². The number of aromatic nitrogens is 3. The number of aliphatic hydroxyl groups excluding tert-OH is 1. The summed E-state index contributed by atoms with van der Waals surface area (Å²) >= 11 is 0. The second kappa shape index (κ2) is 32.4. The molecule has 576 valence electrons. The molecule has 1 unspecified atom stereocenters. The molecule has 6 heterocycles. The molecule has 7 N–H and O–H groups in total. The van der Waals surface area contributed by atoms with E-state index in [1.165, 1.54) is 33.3 Å². The molecule has 29 heteroatoms. The molecule has 2 fully saturated rings. The zero-order valence-electron chi connectivity index (χ0n) is 63.0. The molecule has 5 aliphatic heterocycles. The van der Waals surface area contributed by atoms with E-state index in [0.29, 0.717) is 77.7 Å². The first-order valence-electron chi connectivity index (χ1n) is 37.1. The minimum Gasteiger partial charge on any atom is -0.493 e. The fraction of sp³-hybridized carbons (Fsp3) is 0.395. The van der Waals surface area contributed by atoms with Gasteiger partial charge in [-0.3, -0.25) is 38.4 Å². The molecule has 1 saturated carbocycles. The van der Waals surface area contributed by atoms with Gasteiger partial charge in [0.25, 0.3) is 11.8 Å². The van der Waals surface area contributed by atoms with Crippen LogP contribution in [0.4, 0.5) is 33.2 Å². The van der Waals surface area contributed by atoms with Crippen molar-refractivity contribution in [3.8, 4) is 45.5 Å². The third-order valence-corrected chi connectivity index (χ3v) is 20.9. The minimum atomic E-state index is -1.50. The van der Waals surface area contributed by atoms with E-state index >= 15 is 0 Å². The van der Waals surface area contributed by atoms with Gasteiger partial charge < -0.3 is 80.3 Å². The van der Waals surface area contributed by atoms with Crippen molar-refractivity contribution in [1.82, 2.24) is 46.1 Å². The van der Waals surface area contributed by atoms with Crippen molar-refractivity contribution < 1.29 is 71.9 Å². The van der Waals surface area contributed by atoms with Crippen LogP contribution in [0, 0.1) is 11.3 Å². The second-order valence-electron chi connectivity index (χ2n) is 29.4. The number of amides is 9. The average molecular weight is 1500 g/mol. The largest absolute Gasteiger partial charge is 0.493 e. The SMILES string of the molecule is COc1cc2c(cc1OCCCOc1cc3c(cc1OC)C(=O)N1CC4(CC4)C[C@H]1C(O)N3C(=O)OCc1ccc(NC(=O)[C@H](C)NC(=O)[C@@H](NC(=O)CNC(=O)CNC(=O)CCC(=O)N3Cc4ccccc4-c4c(nnn4C(C)C)-c4ccccc43)C(C)C)cc1)NC[C@@H]1CC(c3ccc(N(C)C)cc3)=CN1C2=O. The fourth-order valence-electron chi connectivity index (χ4n) is 14.7. The predicted molar refractivity (Wildman–Crippen MR) is 410 cm³/mol. The molecule has 9 amide bonds. The van der Waals surface area contributed by atoms with E-state index < -0.39 is 79.0 Å². The molecule has 1 aliphatic carbocycles. The van der Waals surface area contributed by atoms with Crippen LogP contribution in [0.15, 0.2) is 128 Å². The Morgan fingerprint density at radius 1 is 0.709 bits per heavy atom. The lowest BCUT2D eigenvalue weighted by Crippen LogP contribution is -2.55. The summed E-state index contributed by atoms with van der Waals surface area (Å²) in [5, 5.41) is 37.7. The summed E-state index contributed by atoms with van der Waals surface area (Å²) in [5.74, 6) is -3.31. The van der Waals surface area contributed by atoms with Crippen LogP contribution in [0.25, 0.3) is 28.1 Å². The maximum Gasteiger partial charge on any atom is 0.416 e. The van der Waals surface area contributed by atoms with Gasteiger partial charge in [-0.1, -0.05) is 85.8 Å². The number of fused-ring (bicyclic) bond motifs is 9. The molecular weight excluding hydrogens is 1410 g/mol. The highest BCUT2D eigenvalue weighted by Gasteiger charge is 2.58. The number of nitrogens with one attached hydrogen (secondary N) is 6. The van der Waals surface area contributed by atoms with E-state index in [1.54, 1.807) is 64.9 Å². The Morgan fingerprint density at radius 3 is 2.07 bits per heavy atom. The van der Waals surface area contributed by atoms with E-state index in [2.05, 4.69) is 66.5 Å². The van der Waals surface area contributed by atoms with Gasteiger partial charge in [0.05, 0.1) is 93.0 Å². The number of anilines is 5. The van der Waals surface area contributed by atoms with E-state index in [9.17, 15) is 48.3 Å². The Bertz CT molecular complexity index is 4750. The summed E-state index contributed by atoms with van der Waals surface area (Å²) in [6, 6.07) is 33.3. The first-order valence-corrected chi connectivity index (χ1v) is 37.1. The van der Waals surface area contributed by atoms with Crippen molar-refractivity contribution in [3.63, 3.8) is 0 Å². The zero-order valence-corrected chi connectivity index (χ0v) is 63.0. The zero-order chi connectivity index (χ0) is 77.8. The van der Waals surface area contributed by atoms with Gasteiger partial charge in [-0.15, -0.1) is 5.10 Å². The van der Waals surface area contributed by atoms with Crippen LogP contribution in [0.5, 0.6) is 23.0 Å². The normalized spacial score (nSPS) is 17.5. The van der Waals surface area contributed by atoms with Crippen molar-refractivity contribution in [3.05, 3.63) is 155 Å². The van der Waals surface area contributed by atoms with Crippen LogP contribution in [-0.2, 0) is 46.7 Å². The van der Waals surface area contributed by atoms with Gasteiger partial charge in [0, 0.05) is 93.3 Å². The fourth-order valence-corrected chi connectivity index (χ4v) is 14.7. The summed E-state index contributed by atoms with van der Waals surface area (Å²) < 4.78 is 31.9. The highest BCUT2D eigenvalue weighted by molar-refractivity contribution is 6.07. The molecule has 13 rings (SSSR count). The number of methoxy groups -OCH3 is 2. The maximum atomic E-state index is 14.5. The molecule has 0 radical (unpaired) electrons. The number of ether oxygens (including phenoxy) is 5. The smallest absolute Gasteiger partial charge is 0.416 e. The first-order chi connectivity index (χ1) is 52.9. The van der Waals surface area contributed by atoms with Crippen LogP contribution < -0.4 is 65.5 Å². The average Bonchev–Trinajstić information content (AvgIpc) is 1.09. The van der Waals surface area contributed by atoms with Gasteiger partial charge in [0.1, 0.15) is 24.4 Å². The number of nitrogens with zero attached hydrogens (tertiary/aromatic N) is 8. The third-order valence-electron chi connectivity index (χ3n) is 20.9. The lowest BCUT2D eigenvalue weighted by atomic mass is 9.95. The number of rotatable bonds is 26. The monoisotopic (exact) mass is 1500 g/mol. The number of carbonyl (C=O) groups is 9. The van der Waals surface area contributed by atoms with E-state index in [-0.39, 0.29) is 97.2 Å². The van der Waals surface area contributed by atoms with Crippen molar-refractivity contribution in [2.75, 3.05) is 93.0 Å². The van der Waals surface area contributed by atoms with Crippen LogP contribution >= 0.6 is 0 Å². The standard InChI is InChI=1S/C81H92N14O15/c1-46(2)72(87-70(98)41-84-69(97)40-83-68(96)27-28-71(99)92-42-51-15-10-11-16-56(51)74-73(88-89-95(74)47(3)4)57-17-12-13-18-61(57)92)76(101)85-48(5)75(100)86-53-23-19-49(20-24-53)44-110-80(105)94-62-37-67(65(107-9)35-59(62)78(103)93-45-81(29-30-81)38-63(93)79(94)104)109-32-14-31-108-66-36-60-58(34-64(66)106-8)77(102)91-43-52(33-55(91)39-82-60)50-21-25-54(26-22-50)90(6)7/h10-13,15-26,34-37,43,46-48,55,63,72,79,82,104H,14,27-33,38-42,44-45H2,1-9H3,(H,83,96)(H,84,97)(H,85,101)(H,86,100)(H,87,98)/t48-,55-,63-,72-,79?/m0/s1. The summed E-state index contributed by atoms with van der Waals surface area (Å²) in [7, 11) is 6.94. The summed E-state index contributed by atoms with van der Waals surface area (Å²) in [4.78, 5) is 132. The molecule has 1 aromatic heterocycles. The van der Waals surface area contributed by atoms with Gasteiger partial charge in [0.15, 0.2) is 29.2 Å². The van der Waals surface area contributed by atoms with Crippen molar-refractivity contribution in [2.45, 2.75) is 129 Å². The van der Waals surface area contributed by atoms with Gasteiger partial charge in [0.2, 0.25) is 35.4 Å². The molecule has 6 aliphatic rings. The quantitative estimate of drug-likeness (QED) is 0.0250. The van der Waals surface area contributed by atoms with E-state index in [4.69, 9.17) is 23.7 Å². The molecule has 29 nitrogen and oxygen atoms in total. The van der Waals surface area contributed by atoms with Crippen LogP contribution in [0.3, 0.4) is 0 Å². The Balaban J connectivity index is 0.569. The highest BCUT2D eigenvalue weighted by atomic mass is 16.6. The summed E-state index contributed by atoms with van der Waals surface area (Å²) in [6.45, 7) is 9.04. The number of hydrogen-bond donors (Lipinski definition) is 7. The number of aliphatic hydroxyl groups is 1. The molecule has 1 spiro atoms. The summed E-state index contributed by atoms with van der Waals surface area (Å²) in [6.07, 6.45) is 2.40. The molecule has 7 aromatic rings. The van der Waals surface area contributed by atoms with Crippen LogP contribution in [-0.4, -0.2) is 181 Å². The molecular formula is C81H92N14O15. The number of carbonyl (C=O) groups excluding carboxylic acids is 9. The lowest BCUT2D eigenvalue weighted by Gasteiger charge is -2.31. The Morgan fingerprint density at radius 2 is 1.38 bits per heavy atom. The Hall–Kier alpha value is -12.0.